The Morgan fingerprint density at radius 2 is 1.95 bits per heavy atom. The summed E-state index contributed by atoms with van der Waals surface area (Å²) >= 11 is 0. The Bertz CT molecular complexity index is 502. The predicted molar refractivity (Wildman–Crippen MR) is 63.5 cm³/mol. The first kappa shape index (κ1) is 14.5. The first-order chi connectivity index (χ1) is 9.40. The smallest absolute Gasteiger partial charge is 0.335 e. The Kier molecular flexibility index (Phi) is 4.09. The highest BCUT2D eigenvalue weighted by Gasteiger charge is 2.39. The molecule has 20 heavy (non-hydrogen) atoms. The third kappa shape index (κ3) is 2.83. The number of phenols is 1. The third-order valence-corrected chi connectivity index (χ3v) is 2.90. The van der Waals surface area contributed by atoms with Crippen molar-refractivity contribution in [2.75, 3.05) is 6.61 Å². The molecule has 0 aromatic heterocycles. The van der Waals surface area contributed by atoms with Gasteiger partial charge in [0.2, 0.25) is 6.29 Å². The molecule has 0 saturated carbocycles. The Labute approximate surface area is 113 Å². The summed E-state index contributed by atoms with van der Waals surface area (Å²) in [5.41, 5.74) is -0.122. The first-order valence-corrected chi connectivity index (χ1v) is 5.79. The van der Waals surface area contributed by atoms with E-state index in [1.807, 2.05) is 0 Å². The topological polar surface area (TPSA) is 137 Å². The van der Waals surface area contributed by atoms with Crippen LogP contribution in [0, 0.1) is 0 Å². The molecule has 1 fully saturated rings. The molecule has 1 aromatic carbocycles. The van der Waals surface area contributed by atoms with E-state index in [9.17, 15) is 25.2 Å². The summed E-state index contributed by atoms with van der Waals surface area (Å²) in [4.78, 5) is 10.8. The van der Waals surface area contributed by atoms with Gasteiger partial charge in [0.25, 0.3) is 0 Å². The highest BCUT2D eigenvalue weighted by Crippen LogP contribution is 2.30. The number of carboxylic acid groups (broad SMARTS) is 1. The van der Waals surface area contributed by atoms with Crippen molar-refractivity contribution < 1.29 is 39.8 Å². The molecule has 2 rings (SSSR count). The molecule has 110 valence electrons. The average molecular weight is 286 g/mol. The number of aromatic hydroxyl groups is 1. The number of hydrogen-bond acceptors (Lipinski definition) is 7. The van der Waals surface area contributed by atoms with E-state index in [4.69, 9.17) is 14.6 Å². The number of aliphatic hydroxyl groups excluding tert-OH is 3. The summed E-state index contributed by atoms with van der Waals surface area (Å²) in [6.45, 7) is -0.262. The van der Waals surface area contributed by atoms with Gasteiger partial charge in [0.05, 0.1) is 12.2 Å². The molecule has 5 N–H and O–H groups in total. The number of carboxylic acids is 1. The molecule has 0 amide bonds. The Morgan fingerprint density at radius 3 is 2.60 bits per heavy atom. The normalized spacial score (nSPS) is 29.9. The number of phenolic OH excluding ortho intramolecular Hbond substituents is 1. The molecule has 0 radical (unpaired) electrons. The lowest BCUT2D eigenvalue weighted by Crippen LogP contribution is -2.54. The number of ether oxygens (including phenoxy) is 2. The molecule has 4 atom stereocenters. The second-order valence-corrected chi connectivity index (χ2v) is 4.36. The van der Waals surface area contributed by atoms with Gasteiger partial charge >= 0.3 is 5.97 Å². The lowest BCUT2D eigenvalue weighted by atomic mass is 10.1. The van der Waals surface area contributed by atoms with E-state index < -0.39 is 30.6 Å². The Hall–Kier alpha value is -1.87. The number of aromatic carboxylic acids is 1. The van der Waals surface area contributed by atoms with Crippen LogP contribution in [0.15, 0.2) is 18.2 Å². The maximum absolute atomic E-state index is 10.8. The molecular formula is C12H14O8. The number of rotatable bonds is 3. The van der Waals surface area contributed by atoms with Crippen molar-refractivity contribution in [2.24, 2.45) is 0 Å². The van der Waals surface area contributed by atoms with Gasteiger partial charge in [-0.3, -0.25) is 0 Å². The van der Waals surface area contributed by atoms with Crippen molar-refractivity contribution in [3.8, 4) is 11.5 Å². The zero-order valence-corrected chi connectivity index (χ0v) is 10.2. The fourth-order valence-electron chi connectivity index (χ4n) is 1.75. The summed E-state index contributed by atoms with van der Waals surface area (Å²) in [5, 5.41) is 46.9. The van der Waals surface area contributed by atoms with Crippen LogP contribution in [0.3, 0.4) is 0 Å². The molecule has 0 aliphatic carbocycles. The van der Waals surface area contributed by atoms with Gasteiger partial charge in [-0.05, 0) is 18.2 Å². The molecule has 1 aliphatic rings. The number of aliphatic hydroxyl groups is 3. The van der Waals surface area contributed by atoms with Crippen LogP contribution in [-0.4, -0.2) is 62.7 Å². The Balaban J connectivity index is 2.17. The highest BCUT2D eigenvalue weighted by atomic mass is 16.7. The standard InChI is InChI=1S/C12H14O8/c13-6-2-1-5(11(17)18)3-8(6)20-12-10(16)9(15)7(14)4-19-12/h1-3,7,9-10,12-16H,4H2,(H,17,18). The van der Waals surface area contributed by atoms with Crippen LogP contribution in [0.2, 0.25) is 0 Å². The van der Waals surface area contributed by atoms with Crippen molar-refractivity contribution in [2.45, 2.75) is 24.6 Å². The van der Waals surface area contributed by atoms with Crippen molar-refractivity contribution in [3.05, 3.63) is 23.8 Å². The molecule has 8 nitrogen and oxygen atoms in total. The van der Waals surface area contributed by atoms with Gasteiger partial charge in [-0.15, -0.1) is 0 Å². The fraction of sp³-hybridized carbons (Fsp3) is 0.417. The van der Waals surface area contributed by atoms with E-state index >= 15 is 0 Å². The summed E-state index contributed by atoms with van der Waals surface area (Å²) < 4.78 is 10.1. The minimum Gasteiger partial charge on any atom is -0.504 e. The third-order valence-electron chi connectivity index (χ3n) is 2.90. The minimum atomic E-state index is -1.54. The molecule has 1 aromatic rings. The number of benzene rings is 1. The fourth-order valence-corrected chi connectivity index (χ4v) is 1.75. The highest BCUT2D eigenvalue weighted by molar-refractivity contribution is 5.88. The molecule has 1 heterocycles. The molecule has 1 saturated heterocycles. The van der Waals surface area contributed by atoms with Crippen molar-refractivity contribution in [1.29, 1.82) is 0 Å². The van der Waals surface area contributed by atoms with Crippen molar-refractivity contribution >= 4 is 5.97 Å². The van der Waals surface area contributed by atoms with Crippen LogP contribution in [0.5, 0.6) is 11.5 Å². The Morgan fingerprint density at radius 1 is 1.25 bits per heavy atom. The number of hydrogen-bond donors (Lipinski definition) is 5. The van der Waals surface area contributed by atoms with Crippen LogP contribution in [-0.2, 0) is 4.74 Å². The second kappa shape index (κ2) is 5.63. The van der Waals surface area contributed by atoms with E-state index in [-0.39, 0.29) is 23.7 Å². The largest absolute Gasteiger partial charge is 0.504 e. The van der Waals surface area contributed by atoms with Gasteiger partial charge in [0.1, 0.15) is 18.3 Å². The molecule has 0 bridgehead atoms. The van der Waals surface area contributed by atoms with E-state index in [0.29, 0.717) is 0 Å². The molecule has 4 unspecified atom stereocenters. The van der Waals surface area contributed by atoms with E-state index in [2.05, 4.69) is 0 Å². The van der Waals surface area contributed by atoms with Crippen LogP contribution in [0.1, 0.15) is 10.4 Å². The predicted octanol–water partition coefficient (Wildman–Crippen LogP) is -1.09. The summed E-state index contributed by atoms with van der Waals surface area (Å²) in [7, 11) is 0. The van der Waals surface area contributed by atoms with Crippen LogP contribution in [0.25, 0.3) is 0 Å². The number of carbonyl (C=O) groups is 1. The van der Waals surface area contributed by atoms with Crippen molar-refractivity contribution in [1.82, 2.24) is 0 Å². The van der Waals surface area contributed by atoms with Crippen LogP contribution < -0.4 is 4.74 Å². The molecule has 8 heteroatoms. The first-order valence-electron chi connectivity index (χ1n) is 5.79. The van der Waals surface area contributed by atoms with E-state index in [1.165, 1.54) is 6.07 Å². The van der Waals surface area contributed by atoms with E-state index in [0.717, 1.165) is 12.1 Å². The lowest BCUT2D eigenvalue weighted by molar-refractivity contribution is -0.242. The molecule has 0 spiro atoms. The minimum absolute atomic E-state index is 0.122. The average Bonchev–Trinajstić information content (AvgIpc) is 2.41. The van der Waals surface area contributed by atoms with Gasteiger partial charge in [-0.25, -0.2) is 4.79 Å². The van der Waals surface area contributed by atoms with Crippen LogP contribution in [0.4, 0.5) is 0 Å². The molecule has 1 aliphatic heterocycles. The van der Waals surface area contributed by atoms with Gasteiger partial charge in [-0.1, -0.05) is 0 Å². The van der Waals surface area contributed by atoms with Crippen molar-refractivity contribution in [3.63, 3.8) is 0 Å². The van der Waals surface area contributed by atoms with Crippen LogP contribution >= 0.6 is 0 Å². The van der Waals surface area contributed by atoms with E-state index in [1.54, 1.807) is 0 Å². The maximum Gasteiger partial charge on any atom is 0.335 e. The lowest BCUT2D eigenvalue weighted by Gasteiger charge is -2.35. The zero-order valence-electron chi connectivity index (χ0n) is 10.2. The van der Waals surface area contributed by atoms with Gasteiger partial charge in [0.15, 0.2) is 11.5 Å². The monoisotopic (exact) mass is 286 g/mol. The summed E-state index contributed by atoms with van der Waals surface area (Å²) in [6, 6.07) is 3.37. The quantitative estimate of drug-likeness (QED) is 0.472. The van der Waals surface area contributed by atoms with Gasteiger partial charge in [0, 0.05) is 0 Å². The molecular weight excluding hydrogens is 272 g/mol. The van der Waals surface area contributed by atoms with Gasteiger partial charge < -0.3 is 35.0 Å². The second-order valence-electron chi connectivity index (χ2n) is 4.36. The van der Waals surface area contributed by atoms with Gasteiger partial charge in [-0.2, -0.15) is 0 Å². The summed E-state index contributed by atoms with van der Waals surface area (Å²) in [5.74, 6) is -1.76. The zero-order chi connectivity index (χ0) is 14.9. The maximum atomic E-state index is 10.8. The summed E-state index contributed by atoms with van der Waals surface area (Å²) in [6.07, 6.45) is -5.57. The SMILES string of the molecule is O=C(O)c1ccc(O)c(OC2OCC(O)C(O)C2O)c1.